The number of carbonyl (C=O) groups is 1. The molecule has 1 fully saturated rings. The van der Waals surface area contributed by atoms with Crippen LogP contribution in [-0.2, 0) is 0 Å². The molecule has 124 valence electrons. The van der Waals surface area contributed by atoms with Gasteiger partial charge in [0.25, 0.3) is 5.91 Å². The molecular weight excluding hydrogens is 326 g/mol. The fourth-order valence-corrected chi connectivity index (χ4v) is 3.25. The second kappa shape index (κ2) is 6.62. The van der Waals surface area contributed by atoms with Crippen LogP contribution in [0.2, 0.25) is 5.02 Å². The Morgan fingerprint density at radius 2 is 2.04 bits per heavy atom. The quantitative estimate of drug-likeness (QED) is 0.927. The normalized spacial score (nSPS) is 16.4. The first-order valence-corrected chi connectivity index (χ1v) is 8.35. The molecular formula is C17H18ClN5O. The summed E-state index contributed by atoms with van der Waals surface area (Å²) in [5, 5.41) is 17.1. The highest BCUT2D eigenvalue weighted by Crippen LogP contribution is 2.28. The minimum atomic E-state index is -0.806. The SMILES string of the molecule is Cc1nc(C(=O)NC2(C#N)CCCCC2)nn1-c1ccccc1Cl. The van der Waals surface area contributed by atoms with E-state index in [9.17, 15) is 10.1 Å². The summed E-state index contributed by atoms with van der Waals surface area (Å²) in [4.78, 5) is 16.8. The molecule has 0 aliphatic heterocycles. The van der Waals surface area contributed by atoms with Crippen molar-refractivity contribution in [2.24, 2.45) is 0 Å². The number of nitrogens with zero attached hydrogens (tertiary/aromatic N) is 4. The van der Waals surface area contributed by atoms with E-state index in [4.69, 9.17) is 11.6 Å². The molecule has 0 atom stereocenters. The van der Waals surface area contributed by atoms with E-state index in [0.29, 0.717) is 29.4 Å². The smallest absolute Gasteiger partial charge is 0.292 e. The largest absolute Gasteiger partial charge is 0.331 e. The van der Waals surface area contributed by atoms with E-state index < -0.39 is 11.4 Å². The molecule has 1 aromatic carbocycles. The highest BCUT2D eigenvalue weighted by molar-refractivity contribution is 6.32. The van der Waals surface area contributed by atoms with Crippen LogP contribution >= 0.6 is 11.6 Å². The number of aromatic nitrogens is 3. The number of rotatable bonds is 3. The standard InChI is InChI=1S/C17H18ClN5O/c1-12-20-15(22-23(12)14-8-4-3-7-13(14)18)16(24)21-17(11-19)9-5-2-6-10-17/h3-4,7-8H,2,5-6,9-10H2,1H3,(H,21,24). The Labute approximate surface area is 145 Å². The Kier molecular flexibility index (Phi) is 4.54. The average Bonchev–Trinajstić information content (AvgIpc) is 2.98. The molecule has 1 aliphatic rings. The van der Waals surface area contributed by atoms with Crippen LogP contribution in [0, 0.1) is 18.3 Å². The van der Waals surface area contributed by atoms with E-state index in [1.165, 1.54) is 4.68 Å². The first-order valence-electron chi connectivity index (χ1n) is 7.97. The van der Waals surface area contributed by atoms with Crippen LogP contribution in [0.4, 0.5) is 0 Å². The van der Waals surface area contributed by atoms with Gasteiger partial charge in [-0.05, 0) is 31.9 Å². The summed E-state index contributed by atoms with van der Waals surface area (Å²) in [6.07, 6.45) is 4.30. The highest BCUT2D eigenvalue weighted by Gasteiger charge is 2.35. The van der Waals surface area contributed by atoms with E-state index in [1.54, 1.807) is 13.0 Å². The number of carbonyl (C=O) groups excluding carboxylic acids is 1. The Balaban J connectivity index is 1.86. The van der Waals surface area contributed by atoms with Crippen LogP contribution in [0.3, 0.4) is 0 Å². The first kappa shape index (κ1) is 16.5. The predicted octanol–water partition coefficient (Wildman–Crippen LogP) is 3.19. The van der Waals surface area contributed by atoms with Crippen molar-refractivity contribution >= 4 is 17.5 Å². The second-order valence-electron chi connectivity index (χ2n) is 6.05. The maximum Gasteiger partial charge on any atom is 0.292 e. The van der Waals surface area contributed by atoms with E-state index >= 15 is 0 Å². The van der Waals surface area contributed by atoms with Gasteiger partial charge < -0.3 is 5.32 Å². The molecule has 6 nitrogen and oxygen atoms in total. The topological polar surface area (TPSA) is 83.6 Å². The maximum atomic E-state index is 12.5. The van der Waals surface area contributed by atoms with Gasteiger partial charge >= 0.3 is 0 Å². The molecule has 1 heterocycles. The molecule has 0 radical (unpaired) electrons. The summed E-state index contributed by atoms with van der Waals surface area (Å²) in [6.45, 7) is 1.76. The van der Waals surface area contributed by atoms with Crippen molar-refractivity contribution in [3.63, 3.8) is 0 Å². The lowest BCUT2D eigenvalue weighted by Gasteiger charge is -2.30. The third-order valence-corrected chi connectivity index (χ3v) is 4.65. The second-order valence-corrected chi connectivity index (χ2v) is 6.46. The van der Waals surface area contributed by atoms with Crippen molar-refractivity contribution in [1.29, 1.82) is 5.26 Å². The molecule has 1 aromatic heterocycles. The number of benzene rings is 1. The molecule has 2 aromatic rings. The third-order valence-electron chi connectivity index (χ3n) is 4.33. The van der Waals surface area contributed by atoms with E-state index in [1.807, 2.05) is 18.2 Å². The molecule has 1 N–H and O–H groups in total. The van der Waals surface area contributed by atoms with Gasteiger partial charge in [0.15, 0.2) is 0 Å². The van der Waals surface area contributed by atoms with Crippen molar-refractivity contribution in [2.75, 3.05) is 0 Å². The highest BCUT2D eigenvalue weighted by atomic mass is 35.5. The van der Waals surface area contributed by atoms with Crippen molar-refractivity contribution in [3.05, 3.63) is 40.9 Å². The maximum absolute atomic E-state index is 12.5. The zero-order valence-electron chi connectivity index (χ0n) is 13.4. The molecule has 0 bridgehead atoms. The summed E-state index contributed by atoms with van der Waals surface area (Å²) in [7, 11) is 0. The van der Waals surface area contributed by atoms with Crippen LogP contribution in [0.25, 0.3) is 5.69 Å². The Morgan fingerprint density at radius 3 is 2.71 bits per heavy atom. The summed E-state index contributed by atoms with van der Waals surface area (Å²) < 4.78 is 1.54. The van der Waals surface area contributed by atoms with Gasteiger partial charge in [-0.15, -0.1) is 5.10 Å². The molecule has 0 saturated heterocycles. The first-order chi connectivity index (χ1) is 11.5. The van der Waals surface area contributed by atoms with Crippen molar-refractivity contribution in [1.82, 2.24) is 20.1 Å². The monoisotopic (exact) mass is 343 g/mol. The summed E-state index contributed by atoms with van der Waals surface area (Å²) in [6, 6.07) is 9.50. The Morgan fingerprint density at radius 1 is 1.33 bits per heavy atom. The third kappa shape index (κ3) is 3.13. The zero-order valence-corrected chi connectivity index (χ0v) is 14.2. The number of hydrogen-bond donors (Lipinski definition) is 1. The number of para-hydroxylation sites is 1. The molecule has 24 heavy (non-hydrogen) atoms. The van der Waals surface area contributed by atoms with Gasteiger partial charge in [-0.3, -0.25) is 4.79 Å². The Hall–Kier alpha value is -2.39. The molecule has 3 rings (SSSR count). The van der Waals surface area contributed by atoms with E-state index in [2.05, 4.69) is 21.5 Å². The zero-order chi connectivity index (χ0) is 17.2. The molecule has 1 saturated carbocycles. The van der Waals surface area contributed by atoms with Crippen molar-refractivity contribution in [2.45, 2.75) is 44.6 Å². The number of aryl methyl sites for hydroxylation is 1. The summed E-state index contributed by atoms with van der Waals surface area (Å²) in [5.74, 6) is 0.183. The van der Waals surface area contributed by atoms with E-state index in [0.717, 1.165) is 19.3 Å². The summed E-state index contributed by atoms with van der Waals surface area (Å²) in [5.41, 5.74) is -0.144. The minimum absolute atomic E-state index is 0.0487. The number of nitrogens with one attached hydrogen (secondary N) is 1. The van der Waals surface area contributed by atoms with Crippen LogP contribution in [-0.4, -0.2) is 26.2 Å². The number of nitriles is 1. The predicted molar refractivity (Wildman–Crippen MR) is 90.0 cm³/mol. The molecule has 7 heteroatoms. The Bertz CT molecular complexity index is 802. The lowest BCUT2D eigenvalue weighted by Crippen LogP contribution is -2.48. The molecule has 0 spiro atoms. The fraction of sp³-hybridized carbons (Fsp3) is 0.412. The van der Waals surface area contributed by atoms with E-state index in [-0.39, 0.29) is 5.82 Å². The van der Waals surface area contributed by atoms with Crippen molar-refractivity contribution in [3.8, 4) is 11.8 Å². The average molecular weight is 344 g/mol. The number of halogens is 1. The van der Waals surface area contributed by atoms with Gasteiger partial charge in [0.1, 0.15) is 11.4 Å². The van der Waals surface area contributed by atoms with Crippen molar-refractivity contribution < 1.29 is 4.79 Å². The number of amides is 1. The lowest BCUT2D eigenvalue weighted by molar-refractivity contribution is 0.0892. The fourth-order valence-electron chi connectivity index (χ4n) is 3.03. The number of hydrogen-bond acceptors (Lipinski definition) is 4. The van der Waals surface area contributed by atoms with Gasteiger partial charge in [-0.25, -0.2) is 9.67 Å². The lowest BCUT2D eigenvalue weighted by atomic mass is 9.83. The summed E-state index contributed by atoms with van der Waals surface area (Å²) >= 11 is 6.19. The van der Waals surface area contributed by atoms with Crippen LogP contribution < -0.4 is 5.32 Å². The van der Waals surface area contributed by atoms with Crippen LogP contribution in [0.5, 0.6) is 0 Å². The van der Waals surface area contributed by atoms with Gasteiger partial charge in [0.2, 0.25) is 5.82 Å². The van der Waals surface area contributed by atoms with Gasteiger partial charge in [-0.2, -0.15) is 5.26 Å². The van der Waals surface area contributed by atoms with Gasteiger partial charge in [-0.1, -0.05) is 43.0 Å². The minimum Gasteiger partial charge on any atom is -0.331 e. The molecule has 1 aliphatic carbocycles. The van der Waals surface area contributed by atoms with Gasteiger partial charge in [0, 0.05) is 0 Å². The van der Waals surface area contributed by atoms with Crippen LogP contribution in [0.1, 0.15) is 48.5 Å². The molecule has 1 amide bonds. The van der Waals surface area contributed by atoms with Gasteiger partial charge in [0.05, 0.1) is 16.8 Å². The van der Waals surface area contributed by atoms with Crippen LogP contribution in [0.15, 0.2) is 24.3 Å². The molecule has 0 unspecified atom stereocenters.